The van der Waals surface area contributed by atoms with Gasteiger partial charge in [-0.25, -0.2) is 0 Å². The molecule has 0 aliphatic carbocycles. The van der Waals surface area contributed by atoms with Crippen LogP contribution in [0.3, 0.4) is 0 Å². The van der Waals surface area contributed by atoms with Crippen molar-refractivity contribution in [2.24, 2.45) is 10.4 Å². The van der Waals surface area contributed by atoms with Crippen LogP contribution in [0, 0.1) is 5.41 Å². The van der Waals surface area contributed by atoms with Crippen LogP contribution >= 0.6 is 24.0 Å². The Hall–Kier alpha value is -0.610. The number of aliphatic hydroxyl groups is 1. The molecular formula is C19H37IN4O3. The lowest BCUT2D eigenvalue weighted by molar-refractivity contribution is -0.145. The van der Waals surface area contributed by atoms with Gasteiger partial charge in [-0.1, -0.05) is 0 Å². The summed E-state index contributed by atoms with van der Waals surface area (Å²) >= 11 is 0. The predicted molar refractivity (Wildman–Crippen MR) is 119 cm³/mol. The van der Waals surface area contributed by atoms with Gasteiger partial charge in [-0.15, -0.1) is 24.0 Å². The fraction of sp³-hybridized carbons (Fsp3) is 0.895. The molecule has 0 aromatic carbocycles. The van der Waals surface area contributed by atoms with Gasteiger partial charge >= 0.3 is 0 Å². The number of ether oxygens (including phenoxy) is 1. The number of nitrogens with one attached hydrogen (secondary N) is 1. The highest BCUT2D eigenvalue weighted by Gasteiger charge is 2.41. The lowest BCUT2D eigenvalue weighted by Gasteiger charge is -2.49. The third-order valence-electron chi connectivity index (χ3n) is 5.43. The van der Waals surface area contributed by atoms with E-state index in [2.05, 4.69) is 37.9 Å². The molecule has 8 heteroatoms. The summed E-state index contributed by atoms with van der Waals surface area (Å²) in [5.74, 6) is 0.890. The first-order chi connectivity index (χ1) is 12.2. The number of piperazine rings is 1. The summed E-state index contributed by atoms with van der Waals surface area (Å²) in [7, 11) is 0. The highest BCUT2D eigenvalue weighted by atomic mass is 127. The number of nitrogens with zero attached hydrogens (tertiary/aromatic N) is 3. The Morgan fingerprint density at radius 2 is 1.96 bits per heavy atom. The van der Waals surface area contributed by atoms with Crippen LogP contribution in [0.2, 0.25) is 0 Å². The predicted octanol–water partition coefficient (Wildman–Crippen LogP) is 1.69. The molecule has 0 atom stereocenters. The number of hydrogen-bond acceptors (Lipinski definition) is 4. The number of guanidine groups is 1. The summed E-state index contributed by atoms with van der Waals surface area (Å²) in [5, 5.41) is 13.2. The van der Waals surface area contributed by atoms with Gasteiger partial charge < -0.3 is 25.0 Å². The summed E-state index contributed by atoms with van der Waals surface area (Å²) in [5.41, 5.74) is -0.467. The Labute approximate surface area is 180 Å². The van der Waals surface area contributed by atoms with E-state index in [0.717, 1.165) is 31.9 Å². The van der Waals surface area contributed by atoms with Gasteiger partial charge in [0.05, 0.1) is 25.2 Å². The van der Waals surface area contributed by atoms with Crippen molar-refractivity contribution in [1.29, 1.82) is 0 Å². The van der Waals surface area contributed by atoms with Crippen molar-refractivity contribution in [3.05, 3.63) is 0 Å². The van der Waals surface area contributed by atoms with Crippen LogP contribution in [0.1, 0.15) is 47.5 Å². The molecule has 2 saturated heterocycles. The molecule has 0 spiro atoms. The lowest BCUT2D eigenvalue weighted by Crippen LogP contribution is -2.66. The molecule has 7 nitrogen and oxygen atoms in total. The second-order valence-corrected chi connectivity index (χ2v) is 8.47. The molecule has 0 unspecified atom stereocenters. The van der Waals surface area contributed by atoms with Gasteiger partial charge in [0.1, 0.15) is 0 Å². The van der Waals surface area contributed by atoms with Crippen LogP contribution in [0.4, 0.5) is 0 Å². The van der Waals surface area contributed by atoms with Crippen LogP contribution in [0.5, 0.6) is 0 Å². The molecule has 1 amide bonds. The number of carbonyl (C=O) groups excluding carboxylic acids is 1. The van der Waals surface area contributed by atoms with Crippen LogP contribution in [-0.2, 0) is 9.53 Å². The molecule has 2 N–H and O–H groups in total. The van der Waals surface area contributed by atoms with E-state index >= 15 is 0 Å². The first-order valence-electron chi connectivity index (χ1n) is 9.79. The largest absolute Gasteiger partial charge is 0.396 e. The van der Waals surface area contributed by atoms with E-state index in [1.54, 1.807) is 0 Å². The molecule has 0 radical (unpaired) electrons. The van der Waals surface area contributed by atoms with Gasteiger partial charge in [0, 0.05) is 37.8 Å². The second-order valence-electron chi connectivity index (χ2n) is 8.47. The van der Waals surface area contributed by atoms with E-state index < -0.39 is 0 Å². The lowest BCUT2D eigenvalue weighted by atomic mass is 9.81. The minimum atomic E-state index is -0.257. The number of carbonyl (C=O) groups is 1. The zero-order valence-electron chi connectivity index (χ0n) is 17.5. The van der Waals surface area contributed by atoms with Crippen LogP contribution < -0.4 is 5.32 Å². The fourth-order valence-electron chi connectivity index (χ4n) is 4.15. The molecule has 2 fully saturated rings. The topological polar surface area (TPSA) is 77.4 Å². The van der Waals surface area contributed by atoms with E-state index in [0.29, 0.717) is 26.3 Å². The van der Waals surface area contributed by atoms with Crippen molar-refractivity contribution < 1.29 is 14.6 Å². The Bertz CT molecular complexity index is 519. The summed E-state index contributed by atoms with van der Waals surface area (Å²) in [6.45, 7) is 14.2. The van der Waals surface area contributed by atoms with E-state index in [9.17, 15) is 9.90 Å². The standard InChI is InChI=1S/C19H36N4O3.HI/c1-6-20-17(21-12-19(14-24)7-9-26-10-8-19)22-11-16(25)23(15(2)3)18(4,5)13-22;/h15,24H,6-14H2,1-5H3,(H,20,21);1H. The molecule has 158 valence electrons. The molecular weight excluding hydrogens is 459 g/mol. The molecule has 2 rings (SSSR count). The molecule has 2 aliphatic heterocycles. The number of rotatable bonds is 5. The average Bonchev–Trinajstić information content (AvgIpc) is 2.57. The number of aliphatic hydroxyl groups excluding tert-OH is 1. The Balaban J connectivity index is 0.00000364. The zero-order valence-corrected chi connectivity index (χ0v) is 19.8. The smallest absolute Gasteiger partial charge is 0.242 e. The van der Waals surface area contributed by atoms with Crippen molar-refractivity contribution in [2.75, 3.05) is 46.0 Å². The van der Waals surface area contributed by atoms with Crippen LogP contribution in [0.25, 0.3) is 0 Å². The van der Waals surface area contributed by atoms with Crippen molar-refractivity contribution in [3.8, 4) is 0 Å². The molecule has 0 aromatic heterocycles. The van der Waals surface area contributed by atoms with Crippen molar-refractivity contribution in [2.45, 2.75) is 59.0 Å². The maximum Gasteiger partial charge on any atom is 0.242 e. The second kappa shape index (κ2) is 10.2. The highest BCUT2D eigenvalue weighted by Crippen LogP contribution is 2.30. The van der Waals surface area contributed by atoms with Crippen molar-refractivity contribution in [3.63, 3.8) is 0 Å². The minimum Gasteiger partial charge on any atom is -0.396 e. The average molecular weight is 496 g/mol. The molecule has 0 bridgehead atoms. The van der Waals surface area contributed by atoms with Gasteiger partial charge in [-0.05, 0) is 47.5 Å². The first-order valence-corrected chi connectivity index (χ1v) is 9.79. The quantitative estimate of drug-likeness (QED) is 0.344. The molecule has 2 aliphatic rings. The van der Waals surface area contributed by atoms with Crippen LogP contribution in [0.15, 0.2) is 4.99 Å². The fourth-order valence-corrected chi connectivity index (χ4v) is 4.15. The van der Waals surface area contributed by atoms with E-state index in [4.69, 9.17) is 9.73 Å². The molecule has 27 heavy (non-hydrogen) atoms. The molecule has 0 aromatic rings. The summed E-state index contributed by atoms with van der Waals surface area (Å²) in [4.78, 5) is 21.6. The SMILES string of the molecule is CCNC(=NCC1(CO)CCOCC1)N1CC(=O)N(C(C)C)C(C)(C)C1.I. The monoisotopic (exact) mass is 496 g/mol. The number of amides is 1. The van der Waals surface area contributed by atoms with E-state index in [1.165, 1.54) is 0 Å². The van der Waals surface area contributed by atoms with Gasteiger partial charge in [0.15, 0.2) is 5.96 Å². The molecule has 0 saturated carbocycles. The Morgan fingerprint density at radius 1 is 1.33 bits per heavy atom. The van der Waals surface area contributed by atoms with Gasteiger partial charge in [0.25, 0.3) is 0 Å². The number of halogens is 1. The third kappa shape index (κ3) is 5.93. The normalized spacial score (nSPS) is 22.6. The van der Waals surface area contributed by atoms with Gasteiger partial charge in [-0.3, -0.25) is 9.79 Å². The Kier molecular flexibility index (Phi) is 9.27. The summed E-state index contributed by atoms with van der Waals surface area (Å²) < 4.78 is 5.44. The molecule has 2 heterocycles. The first kappa shape index (κ1) is 24.4. The highest BCUT2D eigenvalue weighted by molar-refractivity contribution is 14.0. The maximum absolute atomic E-state index is 12.7. The number of hydrogen-bond donors (Lipinski definition) is 2. The minimum absolute atomic E-state index is 0. The van der Waals surface area contributed by atoms with Gasteiger partial charge in [-0.2, -0.15) is 0 Å². The van der Waals surface area contributed by atoms with Crippen molar-refractivity contribution >= 4 is 35.8 Å². The third-order valence-corrected chi connectivity index (χ3v) is 5.43. The van der Waals surface area contributed by atoms with Crippen LogP contribution in [-0.4, -0.2) is 84.4 Å². The number of aliphatic imine (C=N–C) groups is 1. The zero-order chi connectivity index (χ0) is 19.4. The summed E-state index contributed by atoms with van der Waals surface area (Å²) in [6, 6.07) is 0.180. The summed E-state index contributed by atoms with van der Waals surface area (Å²) in [6.07, 6.45) is 1.63. The van der Waals surface area contributed by atoms with E-state index in [1.807, 2.05) is 11.8 Å². The Morgan fingerprint density at radius 3 is 2.44 bits per heavy atom. The van der Waals surface area contributed by atoms with E-state index in [-0.39, 0.29) is 53.5 Å². The van der Waals surface area contributed by atoms with Crippen molar-refractivity contribution in [1.82, 2.24) is 15.1 Å². The maximum atomic E-state index is 12.7. The van der Waals surface area contributed by atoms with Gasteiger partial charge in [0.2, 0.25) is 5.91 Å².